The van der Waals surface area contributed by atoms with Gasteiger partial charge in [0.15, 0.2) is 0 Å². The molecule has 0 aliphatic heterocycles. The van der Waals surface area contributed by atoms with Crippen LogP contribution in [0.3, 0.4) is 0 Å². The van der Waals surface area contributed by atoms with Crippen LogP contribution in [0.1, 0.15) is 22.8 Å². The van der Waals surface area contributed by atoms with Crippen LogP contribution in [0.25, 0.3) is 0 Å². The van der Waals surface area contributed by atoms with Gasteiger partial charge in [0.05, 0.1) is 7.11 Å². The van der Waals surface area contributed by atoms with Crippen molar-refractivity contribution >= 4 is 15.9 Å². The molecular weight excluding hydrogens is 332 g/mol. The van der Waals surface area contributed by atoms with E-state index >= 15 is 0 Å². The molecule has 3 nitrogen and oxygen atoms in total. The summed E-state index contributed by atoms with van der Waals surface area (Å²) in [5.41, 5.74) is 3.00. The summed E-state index contributed by atoms with van der Waals surface area (Å²) in [6.07, 6.45) is -0.690. The number of halogens is 1. The van der Waals surface area contributed by atoms with Gasteiger partial charge in [0.25, 0.3) is 0 Å². The number of rotatable bonds is 5. The lowest BCUT2D eigenvalue weighted by Gasteiger charge is -2.15. The lowest BCUT2D eigenvalue weighted by Crippen LogP contribution is -2.10. The maximum absolute atomic E-state index is 10.2. The summed E-state index contributed by atoms with van der Waals surface area (Å²) in [4.78, 5) is 0. The van der Waals surface area contributed by atoms with E-state index < -0.39 is 6.10 Å². The van der Waals surface area contributed by atoms with Gasteiger partial charge in [-0.2, -0.15) is 0 Å². The van der Waals surface area contributed by atoms with Crippen molar-refractivity contribution < 1.29 is 14.6 Å². The van der Waals surface area contributed by atoms with E-state index in [4.69, 9.17) is 9.47 Å². The van der Waals surface area contributed by atoms with Crippen LogP contribution in [-0.4, -0.2) is 18.8 Å². The fraction of sp³-hybridized carbons (Fsp3) is 0.294. The van der Waals surface area contributed by atoms with E-state index in [0.29, 0.717) is 0 Å². The van der Waals surface area contributed by atoms with Crippen molar-refractivity contribution in [2.24, 2.45) is 0 Å². The molecule has 2 aromatic carbocycles. The van der Waals surface area contributed by atoms with Gasteiger partial charge in [0.2, 0.25) is 0 Å². The Hall–Kier alpha value is -1.52. The van der Waals surface area contributed by atoms with E-state index in [9.17, 15) is 5.11 Å². The smallest absolute Gasteiger partial charge is 0.120 e. The number of aryl methyl sites for hydroxylation is 2. The number of hydrogen-bond acceptors (Lipinski definition) is 3. The molecule has 0 radical (unpaired) electrons. The summed E-state index contributed by atoms with van der Waals surface area (Å²) >= 11 is 3.53. The molecule has 0 bridgehead atoms. The van der Waals surface area contributed by atoms with Gasteiger partial charge in [-0.1, -0.05) is 28.1 Å². The molecule has 0 amide bonds. The molecule has 1 unspecified atom stereocenters. The summed E-state index contributed by atoms with van der Waals surface area (Å²) in [6, 6.07) is 11.3. The number of aliphatic hydroxyl groups excluding tert-OH is 1. The molecule has 4 heteroatoms. The average Bonchev–Trinajstić information content (AvgIpc) is 2.50. The average molecular weight is 351 g/mol. The van der Waals surface area contributed by atoms with Crippen LogP contribution in [0.5, 0.6) is 11.5 Å². The topological polar surface area (TPSA) is 38.7 Å². The summed E-state index contributed by atoms with van der Waals surface area (Å²) in [5.74, 6) is 1.48. The summed E-state index contributed by atoms with van der Waals surface area (Å²) in [7, 11) is 1.61. The first-order chi connectivity index (χ1) is 10.0. The number of benzene rings is 2. The number of methoxy groups -OCH3 is 1. The molecule has 1 atom stereocenters. The Morgan fingerprint density at radius 1 is 1.10 bits per heavy atom. The molecule has 0 heterocycles. The molecule has 0 saturated heterocycles. The molecule has 0 aliphatic rings. The Bertz CT molecular complexity index is 602. The minimum absolute atomic E-state index is 0.202. The van der Waals surface area contributed by atoms with Crippen LogP contribution >= 0.6 is 15.9 Å². The van der Waals surface area contributed by atoms with Crippen LogP contribution < -0.4 is 9.47 Å². The lowest BCUT2D eigenvalue weighted by molar-refractivity contribution is 0.108. The molecule has 2 aromatic rings. The third-order valence-corrected chi connectivity index (χ3v) is 4.55. The lowest BCUT2D eigenvalue weighted by atomic mass is 10.1. The van der Waals surface area contributed by atoms with Crippen molar-refractivity contribution in [3.05, 3.63) is 57.6 Å². The predicted octanol–water partition coefficient (Wildman–Crippen LogP) is 4.19. The molecule has 21 heavy (non-hydrogen) atoms. The van der Waals surface area contributed by atoms with Gasteiger partial charge in [0, 0.05) is 4.47 Å². The van der Waals surface area contributed by atoms with Crippen molar-refractivity contribution in [3.8, 4) is 11.5 Å². The van der Waals surface area contributed by atoms with Gasteiger partial charge in [0.1, 0.15) is 24.2 Å². The summed E-state index contributed by atoms with van der Waals surface area (Å²) in [5, 5.41) is 10.2. The first-order valence-corrected chi connectivity index (χ1v) is 7.52. The Morgan fingerprint density at radius 3 is 2.38 bits per heavy atom. The number of aliphatic hydroxyl groups is 1. The Morgan fingerprint density at radius 2 is 1.76 bits per heavy atom. The third-order valence-electron chi connectivity index (χ3n) is 3.30. The highest BCUT2D eigenvalue weighted by molar-refractivity contribution is 9.10. The predicted molar refractivity (Wildman–Crippen MR) is 87.1 cm³/mol. The first-order valence-electron chi connectivity index (χ1n) is 6.73. The van der Waals surface area contributed by atoms with Crippen molar-refractivity contribution in [3.63, 3.8) is 0 Å². The third kappa shape index (κ3) is 3.99. The first kappa shape index (κ1) is 15.9. The minimum Gasteiger partial charge on any atom is -0.497 e. The zero-order valence-corrected chi connectivity index (χ0v) is 14.0. The van der Waals surface area contributed by atoms with E-state index in [1.807, 2.05) is 50.2 Å². The molecular formula is C17H19BrO3. The van der Waals surface area contributed by atoms with Gasteiger partial charge in [-0.25, -0.2) is 0 Å². The molecule has 112 valence electrons. The van der Waals surface area contributed by atoms with Gasteiger partial charge in [-0.3, -0.25) is 0 Å². The maximum atomic E-state index is 10.2. The van der Waals surface area contributed by atoms with E-state index in [1.54, 1.807) is 7.11 Å². The highest BCUT2D eigenvalue weighted by Gasteiger charge is 2.10. The zero-order chi connectivity index (χ0) is 15.4. The fourth-order valence-electron chi connectivity index (χ4n) is 2.11. The van der Waals surface area contributed by atoms with Gasteiger partial charge in [-0.15, -0.1) is 0 Å². The van der Waals surface area contributed by atoms with E-state index in [2.05, 4.69) is 15.9 Å². The minimum atomic E-state index is -0.690. The molecule has 0 fully saturated rings. The summed E-state index contributed by atoms with van der Waals surface area (Å²) in [6.45, 7) is 4.23. The zero-order valence-electron chi connectivity index (χ0n) is 12.4. The monoisotopic (exact) mass is 350 g/mol. The van der Waals surface area contributed by atoms with E-state index in [-0.39, 0.29) is 6.61 Å². The highest BCUT2D eigenvalue weighted by Crippen LogP contribution is 2.27. The van der Waals surface area contributed by atoms with Crippen LogP contribution in [0, 0.1) is 13.8 Å². The van der Waals surface area contributed by atoms with Crippen molar-refractivity contribution in [2.75, 3.05) is 13.7 Å². The molecule has 2 rings (SSSR count). The van der Waals surface area contributed by atoms with Crippen LogP contribution in [0.2, 0.25) is 0 Å². The highest BCUT2D eigenvalue weighted by atomic mass is 79.9. The standard InChI is InChI=1S/C17H19BrO3/c1-11-7-15(8-12(2)17(11)18)21-10-16(19)13-5-4-6-14(9-13)20-3/h4-9,16,19H,10H2,1-3H3. The maximum Gasteiger partial charge on any atom is 0.120 e. The van der Waals surface area contributed by atoms with Gasteiger partial charge >= 0.3 is 0 Å². The SMILES string of the molecule is COc1cccc(C(O)COc2cc(C)c(Br)c(C)c2)c1. The van der Waals surface area contributed by atoms with Gasteiger partial charge in [-0.05, 0) is 54.8 Å². The number of ether oxygens (including phenoxy) is 2. The largest absolute Gasteiger partial charge is 0.497 e. The Kier molecular flexibility index (Phi) is 5.26. The number of hydrogen-bond donors (Lipinski definition) is 1. The van der Waals surface area contributed by atoms with Crippen LogP contribution in [-0.2, 0) is 0 Å². The second-order valence-electron chi connectivity index (χ2n) is 4.97. The molecule has 0 spiro atoms. The van der Waals surface area contributed by atoms with Crippen molar-refractivity contribution in [1.82, 2.24) is 0 Å². The quantitative estimate of drug-likeness (QED) is 0.878. The summed E-state index contributed by atoms with van der Waals surface area (Å²) < 4.78 is 11.9. The molecule has 0 aliphatic carbocycles. The van der Waals surface area contributed by atoms with Crippen LogP contribution in [0.4, 0.5) is 0 Å². The van der Waals surface area contributed by atoms with Crippen LogP contribution in [0.15, 0.2) is 40.9 Å². The Balaban J connectivity index is 2.05. The van der Waals surface area contributed by atoms with Gasteiger partial charge < -0.3 is 14.6 Å². The molecule has 0 aromatic heterocycles. The van der Waals surface area contributed by atoms with E-state index in [0.717, 1.165) is 32.7 Å². The van der Waals surface area contributed by atoms with Crippen molar-refractivity contribution in [2.45, 2.75) is 20.0 Å². The molecule has 0 saturated carbocycles. The van der Waals surface area contributed by atoms with E-state index in [1.165, 1.54) is 0 Å². The normalized spacial score (nSPS) is 12.0. The second kappa shape index (κ2) is 6.96. The molecule has 1 N–H and O–H groups in total. The second-order valence-corrected chi connectivity index (χ2v) is 5.77. The fourth-order valence-corrected chi connectivity index (χ4v) is 2.34. The van der Waals surface area contributed by atoms with Crippen molar-refractivity contribution in [1.29, 1.82) is 0 Å². The Labute approximate surface area is 133 Å².